The van der Waals surface area contributed by atoms with Crippen molar-refractivity contribution in [2.45, 2.75) is 39.9 Å². The zero-order valence-corrected chi connectivity index (χ0v) is 21.5. The normalized spacial score (nSPS) is 12.3. The number of fused-ring (bicyclic) bond motifs is 1. The predicted octanol–water partition coefficient (Wildman–Crippen LogP) is 2.82. The summed E-state index contributed by atoms with van der Waals surface area (Å²) in [5.41, 5.74) is 5.77. The average molecular weight is 542 g/mol. The van der Waals surface area contributed by atoms with Crippen LogP contribution in [-0.2, 0) is 17.9 Å². The fourth-order valence-electron chi connectivity index (χ4n) is 3.80. The molecule has 4 rings (SSSR count). The number of primary amides is 1. The summed E-state index contributed by atoms with van der Waals surface area (Å²) in [6, 6.07) is 10.0. The van der Waals surface area contributed by atoms with Crippen molar-refractivity contribution in [1.29, 1.82) is 0 Å². The number of nitrogens with one attached hydrogen (secondary N) is 2. The highest BCUT2D eigenvalue weighted by Crippen LogP contribution is 2.28. The number of carbonyl (C=O) groups is 3. The molecule has 0 saturated carbocycles. The van der Waals surface area contributed by atoms with E-state index in [1.807, 2.05) is 0 Å². The molecule has 0 aliphatic rings. The van der Waals surface area contributed by atoms with Gasteiger partial charge in [-0.05, 0) is 29.2 Å². The number of amides is 3. The molecule has 11 nitrogen and oxygen atoms in total. The maximum atomic E-state index is 13.4. The van der Waals surface area contributed by atoms with E-state index in [9.17, 15) is 18.8 Å². The van der Waals surface area contributed by atoms with Crippen LogP contribution in [0.2, 0.25) is 5.02 Å². The summed E-state index contributed by atoms with van der Waals surface area (Å²) in [5, 5.41) is 17.9. The molecule has 198 valence electrons. The van der Waals surface area contributed by atoms with Crippen molar-refractivity contribution < 1.29 is 23.2 Å². The van der Waals surface area contributed by atoms with Crippen molar-refractivity contribution in [2.24, 2.45) is 11.1 Å². The van der Waals surface area contributed by atoms with Gasteiger partial charge in [-0.25, -0.2) is 4.39 Å². The lowest BCUT2D eigenvalue weighted by Crippen LogP contribution is -2.53. The van der Waals surface area contributed by atoms with Crippen molar-refractivity contribution >= 4 is 40.2 Å². The number of para-hydroxylation sites is 1. The first-order chi connectivity index (χ1) is 17.9. The van der Waals surface area contributed by atoms with E-state index in [2.05, 4.69) is 25.9 Å². The van der Waals surface area contributed by atoms with E-state index >= 15 is 0 Å². The summed E-state index contributed by atoms with van der Waals surface area (Å²) in [6.45, 7) is 5.44. The smallest absolute Gasteiger partial charge is 0.306 e. The van der Waals surface area contributed by atoms with Crippen LogP contribution < -0.4 is 16.4 Å². The SMILES string of the molecule is CC(C)(C)C(NC(=O)c1nn(Cc2ccc(F)cc2)c2c(Cl)cccc12)C(=O)NCc1nnc(C(N)=O)o1. The maximum Gasteiger partial charge on any atom is 0.306 e. The van der Waals surface area contributed by atoms with Gasteiger partial charge in [-0.1, -0.05) is 56.6 Å². The van der Waals surface area contributed by atoms with Gasteiger partial charge in [-0.3, -0.25) is 19.1 Å². The first-order valence-electron chi connectivity index (χ1n) is 11.5. The fraction of sp³-hybridized carbons (Fsp3) is 0.280. The van der Waals surface area contributed by atoms with Crippen LogP contribution in [0.4, 0.5) is 4.39 Å². The molecule has 2 aromatic heterocycles. The highest BCUT2D eigenvalue weighted by atomic mass is 35.5. The van der Waals surface area contributed by atoms with Crippen molar-refractivity contribution in [3.05, 3.63) is 76.3 Å². The summed E-state index contributed by atoms with van der Waals surface area (Å²) in [6.07, 6.45) is 0. The molecule has 1 atom stereocenters. The lowest BCUT2D eigenvalue weighted by atomic mass is 9.86. The Balaban J connectivity index is 1.58. The second kappa shape index (κ2) is 10.6. The van der Waals surface area contributed by atoms with Gasteiger partial charge in [0.25, 0.3) is 5.91 Å². The van der Waals surface area contributed by atoms with Crippen molar-refractivity contribution in [1.82, 2.24) is 30.6 Å². The minimum atomic E-state index is -0.981. The third-order valence-corrected chi connectivity index (χ3v) is 5.98. The zero-order chi connectivity index (χ0) is 27.6. The van der Waals surface area contributed by atoms with Crippen LogP contribution in [0.15, 0.2) is 46.9 Å². The first-order valence-corrected chi connectivity index (χ1v) is 11.9. The van der Waals surface area contributed by atoms with Crippen LogP contribution in [-0.4, -0.2) is 43.7 Å². The largest absolute Gasteiger partial charge is 0.415 e. The van der Waals surface area contributed by atoms with E-state index in [1.54, 1.807) is 55.8 Å². The third kappa shape index (κ3) is 5.80. The minimum Gasteiger partial charge on any atom is -0.415 e. The molecule has 1 unspecified atom stereocenters. The molecule has 0 spiro atoms. The Kier molecular flexibility index (Phi) is 7.44. The van der Waals surface area contributed by atoms with E-state index in [0.717, 1.165) is 5.56 Å². The second-order valence-electron chi connectivity index (χ2n) is 9.62. The van der Waals surface area contributed by atoms with E-state index in [-0.39, 0.29) is 36.4 Å². The Morgan fingerprint density at radius 2 is 1.84 bits per heavy atom. The molecule has 0 aliphatic heterocycles. The Morgan fingerprint density at radius 3 is 2.47 bits per heavy atom. The Bertz CT molecular complexity index is 1510. The van der Waals surface area contributed by atoms with Gasteiger partial charge in [0, 0.05) is 5.39 Å². The Labute approximate surface area is 221 Å². The third-order valence-electron chi connectivity index (χ3n) is 5.68. The number of hydrogen-bond donors (Lipinski definition) is 3. The number of nitrogens with zero attached hydrogens (tertiary/aromatic N) is 4. The molecule has 0 fully saturated rings. The highest BCUT2D eigenvalue weighted by molar-refractivity contribution is 6.35. The number of carbonyl (C=O) groups excluding carboxylic acids is 3. The zero-order valence-electron chi connectivity index (χ0n) is 20.8. The number of rotatable bonds is 8. The molecule has 2 aromatic carbocycles. The van der Waals surface area contributed by atoms with Crippen LogP contribution in [0.5, 0.6) is 0 Å². The quantitative estimate of drug-likeness (QED) is 0.309. The van der Waals surface area contributed by atoms with Crippen LogP contribution in [0.3, 0.4) is 0 Å². The van der Waals surface area contributed by atoms with Gasteiger partial charge in [0.1, 0.15) is 11.9 Å². The minimum absolute atomic E-state index is 0.0219. The van der Waals surface area contributed by atoms with Gasteiger partial charge in [0.2, 0.25) is 11.8 Å². The standard InChI is InChI=1S/C25H25ClFN7O4/c1-25(2,3)20(23(37)29-11-17-31-32-24(38-17)21(28)35)30-22(36)18-15-5-4-6-16(26)19(15)34(33-18)12-13-7-9-14(27)10-8-13/h4-10,20H,11-12H2,1-3H3,(H2,28,35)(H,29,37)(H,30,36). The number of halogens is 2. The summed E-state index contributed by atoms with van der Waals surface area (Å²) < 4.78 is 20.0. The highest BCUT2D eigenvalue weighted by Gasteiger charge is 2.34. The van der Waals surface area contributed by atoms with Crippen LogP contribution in [0.1, 0.15) is 53.4 Å². The lowest BCUT2D eigenvalue weighted by molar-refractivity contribution is -0.125. The van der Waals surface area contributed by atoms with Crippen molar-refractivity contribution in [2.75, 3.05) is 0 Å². The molecular formula is C25H25ClFN7O4. The van der Waals surface area contributed by atoms with E-state index in [4.69, 9.17) is 21.8 Å². The molecule has 4 N–H and O–H groups in total. The monoisotopic (exact) mass is 541 g/mol. The number of benzene rings is 2. The maximum absolute atomic E-state index is 13.4. The molecule has 4 aromatic rings. The van der Waals surface area contributed by atoms with Gasteiger partial charge in [-0.15, -0.1) is 10.2 Å². The fourth-order valence-corrected chi connectivity index (χ4v) is 4.07. The van der Waals surface area contributed by atoms with Crippen molar-refractivity contribution in [3.8, 4) is 0 Å². The van der Waals surface area contributed by atoms with E-state index in [1.165, 1.54) is 12.1 Å². The van der Waals surface area contributed by atoms with Gasteiger partial charge in [-0.2, -0.15) is 5.10 Å². The van der Waals surface area contributed by atoms with Gasteiger partial charge in [0.05, 0.1) is 23.6 Å². The number of nitrogens with two attached hydrogens (primary N) is 1. The molecule has 0 saturated heterocycles. The van der Waals surface area contributed by atoms with Gasteiger partial charge >= 0.3 is 11.8 Å². The van der Waals surface area contributed by atoms with Crippen LogP contribution in [0.25, 0.3) is 10.9 Å². The Morgan fingerprint density at radius 1 is 1.13 bits per heavy atom. The Hall–Kier alpha value is -4.32. The number of hydrogen-bond acceptors (Lipinski definition) is 7. The van der Waals surface area contributed by atoms with Crippen molar-refractivity contribution in [3.63, 3.8) is 0 Å². The van der Waals surface area contributed by atoms with Crippen LogP contribution in [0, 0.1) is 11.2 Å². The molecule has 0 aliphatic carbocycles. The molecule has 0 bridgehead atoms. The number of aromatic nitrogens is 4. The lowest BCUT2D eigenvalue weighted by Gasteiger charge is -2.30. The molecule has 0 radical (unpaired) electrons. The van der Waals surface area contributed by atoms with Gasteiger partial charge < -0.3 is 20.8 Å². The van der Waals surface area contributed by atoms with Gasteiger partial charge in [0.15, 0.2) is 5.69 Å². The second-order valence-corrected chi connectivity index (χ2v) is 10.0. The molecular weight excluding hydrogens is 517 g/mol. The molecule has 13 heteroatoms. The predicted molar refractivity (Wildman–Crippen MR) is 136 cm³/mol. The summed E-state index contributed by atoms with van der Waals surface area (Å²) >= 11 is 6.46. The topological polar surface area (TPSA) is 158 Å². The summed E-state index contributed by atoms with van der Waals surface area (Å²) in [7, 11) is 0. The molecule has 38 heavy (non-hydrogen) atoms. The summed E-state index contributed by atoms with van der Waals surface area (Å²) in [4.78, 5) is 37.7. The van der Waals surface area contributed by atoms with Crippen LogP contribution >= 0.6 is 11.6 Å². The average Bonchev–Trinajstić information content (AvgIpc) is 3.48. The molecule has 3 amide bonds. The molecule has 2 heterocycles. The van der Waals surface area contributed by atoms with E-state index in [0.29, 0.717) is 15.9 Å². The summed E-state index contributed by atoms with van der Waals surface area (Å²) in [5.74, 6) is -2.75. The first kappa shape index (κ1) is 26.7. The van der Waals surface area contributed by atoms with E-state index < -0.39 is 29.2 Å².